The highest BCUT2D eigenvalue weighted by Gasteiger charge is 2.31. The van der Waals surface area contributed by atoms with Crippen molar-refractivity contribution in [3.8, 4) is 0 Å². The van der Waals surface area contributed by atoms with Crippen molar-refractivity contribution in [2.75, 3.05) is 0 Å². The molecule has 0 radical (unpaired) electrons. The Morgan fingerprint density at radius 1 is 0.950 bits per heavy atom. The minimum Gasteiger partial charge on any atom is -0.244 e. The van der Waals surface area contributed by atoms with Crippen LogP contribution in [0.25, 0.3) is 21.5 Å². The van der Waals surface area contributed by atoms with Crippen LogP contribution in [0.3, 0.4) is 0 Å². The third-order valence-corrected chi connectivity index (χ3v) is 4.06. The molecule has 0 saturated heterocycles. The fourth-order valence-corrected chi connectivity index (χ4v) is 3.00. The molecule has 2 aromatic carbocycles. The van der Waals surface area contributed by atoms with E-state index in [-0.39, 0.29) is 5.15 Å². The smallest absolute Gasteiger partial charge is 0.244 e. The van der Waals surface area contributed by atoms with Crippen LogP contribution >= 0.6 is 27.5 Å². The Morgan fingerprint density at radius 3 is 2.35 bits per heavy atom. The molecular formula is C14H6BrClF3N. The van der Waals surface area contributed by atoms with Crippen LogP contribution < -0.4 is 0 Å². The van der Waals surface area contributed by atoms with E-state index < -0.39 is 11.7 Å². The monoisotopic (exact) mass is 359 g/mol. The third kappa shape index (κ3) is 2.15. The lowest BCUT2D eigenvalue weighted by atomic mass is 10.0. The Morgan fingerprint density at radius 2 is 1.65 bits per heavy atom. The van der Waals surface area contributed by atoms with Gasteiger partial charge in [-0.15, -0.1) is 0 Å². The van der Waals surface area contributed by atoms with E-state index in [1.807, 2.05) is 0 Å². The zero-order valence-corrected chi connectivity index (χ0v) is 12.1. The summed E-state index contributed by atoms with van der Waals surface area (Å²) < 4.78 is 39.1. The van der Waals surface area contributed by atoms with E-state index in [0.29, 0.717) is 26.0 Å². The fraction of sp³-hybridized carbons (Fsp3) is 0.0714. The summed E-state index contributed by atoms with van der Waals surface area (Å²) in [6.45, 7) is 0. The van der Waals surface area contributed by atoms with Gasteiger partial charge in [0.05, 0.1) is 5.56 Å². The molecule has 102 valence electrons. The number of pyridine rings is 1. The van der Waals surface area contributed by atoms with E-state index in [1.54, 1.807) is 18.2 Å². The first-order valence-electron chi connectivity index (χ1n) is 5.61. The van der Waals surface area contributed by atoms with Crippen molar-refractivity contribution in [3.63, 3.8) is 0 Å². The van der Waals surface area contributed by atoms with Crippen molar-refractivity contribution < 1.29 is 13.2 Å². The summed E-state index contributed by atoms with van der Waals surface area (Å²) in [5.74, 6) is 0. The highest BCUT2D eigenvalue weighted by atomic mass is 79.9. The molecule has 1 nitrogen and oxygen atoms in total. The maximum Gasteiger partial charge on any atom is 0.416 e. The first kappa shape index (κ1) is 13.6. The molecule has 0 aliphatic carbocycles. The van der Waals surface area contributed by atoms with E-state index in [0.717, 1.165) is 12.1 Å². The van der Waals surface area contributed by atoms with E-state index in [4.69, 9.17) is 11.6 Å². The van der Waals surface area contributed by atoms with Crippen molar-refractivity contribution in [2.45, 2.75) is 6.18 Å². The second kappa shape index (κ2) is 4.60. The van der Waals surface area contributed by atoms with E-state index in [2.05, 4.69) is 20.9 Å². The molecule has 0 bridgehead atoms. The van der Waals surface area contributed by atoms with Gasteiger partial charge in [0.1, 0.15) is 5.15 Å². The maximum atomic E-state index is 12.9. The topological polar surface area (TPSA) is 12.9 Å². The second-order valence-electron chi connectivity index (χ2n) is 4.31. The minimum atomic E-state index is -4.39. The van der Waals surface area contributed by atoms with Crippen LogP contribution in [0.2, 0.25) is 5.15 Å². The summed E-state index contributed by atoms with van der Waals surface area (Å²) in [5, 5.41) is 2.75. The average Bonchev–Trinajstić information content (AvgIpc) is 2.38. The molecule has 0 atom stereocenters. The van der Waals surface area contributed by atoms with Gasteiger partial charge in [-0.1, -0.05) is 39.7 Å². The fourth-order valence-electron chi connectivity index (χ4n) is 2.18. The molecule has 0 saturated carbocycles. The van der Waals surface area contributed by atoms with Gasteiger partial charge >= 0.3 is 6.18 Å². The number of alkyl halides is 3. The summed E-state index contributed by atoms with van der Waals surface area (Å²) in [5.41, 5.74) is -0.697. The van der Waals surface area contributed by atoms with Gasteiger partial charge in [-0.25, -0.2) is 4.98 Å². The SMILES string of the molecule is FC(F)(F)c1cc(Br)c2ccc3c(Cl)nccc3c2c1. The lowest BCUT2D eigenvalue weighted by Gasteiger charge is -2.11. The van der Waals surface area contributed by atoms with E-state index in [1.165, 1.54) is 6.20 Å². The Kier molecular flexibility index (Phi) is 3.14. The number of hydrogen-bond acceptors (Lipinski definition) is 1. The Hall–Kier alpha value is -1.33. The lowest BCUT2D eigenvalue weighted by Crippen LogP contribution is -2.04. The van der Waals surface area contributed by atoms with Crippen LogP contribution in [0, 0.1) is 0 Å². The van der Waals surface area contributed by atoms with Gasteiger partial charge in [0, 0.05) is 16.1 Å². The molecule has 0 spiro atoms. The molecule has 6 heteroatoms. The normalized spacial score (nSPS) is 12.2. The molecule has 1 heterocycles. The number of nitrogens with zero attached hydrogens (tertiary/aromatic N) is 1. The van der Waals surface area contributed by atoms with Gasteiger partial charge in [0.2, 0.25) is 0 Å². The summed E-state index contributed by atoms with van der Waals surface area (Å²) in [6.07, 6.45) is -2.91. The molecule has 1 aromatic heterocycles. The standard InChI is InChI=1S/C14H6BrClF3N/c15-12-6-7(14(17,18)19)5-11-8-3-4-20-13(16)10(8)2-1-9(11)12/h1-6H. The van der Waals surface area contributed by atoms with Crippen LogP contribution in [0.1, 0.15) is 5.56 Å². The molecule has 0 aliphatic rings. The predicted octanol–water partition coefficient (Wildman–Crippen LogP) is 5.82. The van der Waals surface area contributed by atoms with Crippen LogP contribution in [0.15, 0.2) is 41.0 Å². The van der Waals surface area contributed by atoms with E-state index in [9.17, 15) is 13.2 Å². The van der Waals surface area contributed by atoms with Gasteiger partial charge in [0.25, 0.3) is 0 Å². The Bertz CT molecular complexity index is 830. The summed E-state index contributed by atoms with van der Waals surface area (Å²) >= 11 is 9.18. The van der Waals surface area contributed by atoms with Crippen molar-refractivity contribution >= 4 is 49.1 Å². The first-order chi connectivity index (χ1) is 9.38. The van der Waals surface area contributed by atoms with Gasteiger partial charge in [0.15, 0.2) is 0 Å². The molecule has 0 fully saturated rings. The zero-order valence-electron chi connectivity index (χ0n) is 9.80. The van der Waals surface area contributed by atoms with Crippen molar-refractivity contribution in [1.29, 1.82) is 0 Å². The predicted molar refractivity (Wildman–Crippen MR) is 77.0 cm³/mol. The molecule has 3 rings (SSSR count). The van der Waals surface area contributed by atoms with Crippen LogP contribution in [-0.4, -0.2) is 4.98 Å². The molecule has 0 aliphatic heterocycles. The quantitative estimate of drug-likeness (QED) is 0.363. The van der Waals surface area contributed by atoms with Crippen LogP contribution in [0.5, 0.6) is 0 Å². The van der Waals surface area contributed by atoms with Gasteiger partial charge in [-0.3, -0.25) is 0 Å². The maximum absolute atomic E-state index is 12.9. The highest BCUT2D eigenvalue weighted by molar-refractivity contribution is 9.10. The molecule has 0 N–H and O–H groups in total. The summed E-state index contributed by atoms with van der Waals surface area (Å²) in [7, 11) is 0. The van der Waals surface area contributed by atoms with Crippen molar-refractivity contribution in [2.24, 2.45) is 0 Å². The number of rotatable bonds is 0. The lowest BCUT2D eigenvalue weighted by molar-refractivity contribution is -0.137. The van der Waals surface area contributed by atoms with Crippen molar-refractivity contribution in [3.05, 3.63) is 51.7 Å². The third-order valence-electron chi connectivity index (χ3n) is 3.11. The van der Waals surface area contributed by atoms with Gasteiger partial charge < -0.3 is 0 Å². The average molecular weight is 361 g/mol. The van der Waals surface area contributed by atoms with Crippen molar-refractivity contribution in [1.82, 2.24) is 4.98 Å². The van der Waals surface area contributed by atoms with E-state index >= 15 is 0 Å². The van der Waals surface area contributed by atoms with Crippen LogP contribution in [-0.2, 0) is 6.18 Å². The number of hydrogen-bond donors (Lipinski definition) is 0. The summed E-state index contributed by atoms with van der Waals surface area (Å²) in [4.78, 5) is 3.94. The number of benzene rings is 2. The first-order valence-corrected chi connectivity index (χ1v) is 6.79. The minimum absolute atomic E-state index is 0.276. The van der Waals surface area contributed by atoms with Crippen LogP contribution in [0.4, 0.5) is 13.2 Å². The Labute approximate surface area is 125 Å². The highest BCUT2D eigenvalue weighted by Crippen LogP contribution is 2.38. The number of halogens is 5. The summed E-state index contributed by atoms with van der Waals surface area (Å²) in [6, 6.07) is 7.37. The molecule has 3 aromatic rings. The van der Waals surface area contributed by atoms with Gasteiger partial charge in [-0.05, 0) is 34.4 Å². The largest absolute Gasteiger partial charge is 0.416 e. The molecular weight excluding hydrogens is 355 g/mol. The zero-order chi connectivity index (χ0) is 14.5. The van der Waals surface area contributed by atoms with Gasteiger partial charge in [-0.2, -0.15) is 13.2 Å². The molecule has 0 amide bonds. The molecule has 0 unspecified atom stereocenters. The second-order valence-corrected chi connectivity index (χ2v) is 5.53. The number of aromatic nitrogens is 1. The molecule has 20 heavy (non-hydrogen) atoms. The number of fused-ring (bicyclic) bond motifs is 3. The Balaban J connectivity index is 2.49.